The maximum Gasteiger partial charge on any atom is 0.240 e. The molecule has 2 aromatic carbocycles. The van der Waals surface area contributed by atoms with Crippen LogP contribution in [0.1, 0.15) is 73.8 Å². The highest BCUT2D eigenvalue weighted by Gasteiger charge is 2.41. The second-order valence-electron chi connectivity index (χ2n) is 12.3. The topological polar surface area (TPSA) is 87.5 Å². The summed E-state index contributed by atoms with van der Waals surface area (Å²) in [5.41, 5.74) is 3.57. The Bertz CT molecular complexity index is 1490. The minimum absolute atomic E-state index is 0.0859. The largest absolute Gasteiger partial charge is 0.337 e. The summed E-state index contributed by atoms with van der Waals surface area (Å²) >= 11 is 0. The van der Waals surface area contributed by atoms with Gasteiger partial charge in [-0.1, -0.05) is 48.5 Å². The summed E-state index contributed by atoms with van der Waals surface area (Å²) in [5.74, 6) is 1.96. The van der Waals surface area contributed by atoms with Crippen molar-refractivity contribution in [1.29, 1.82) is 0 Å². The van der Waals surface area contributed by atoms with Crippen molar-refractivity contribution in [2.24, 2.45) is 5.92 Å². The molecule has 1 N–H and O–H groups in total. The number of hydrogen-bond acceptors (Lipinski definition) is 5. The third-order valence-corrected chi connectivity index (χ3v) is 11.3. The molecule has 2 fully saturated rings. The highest BCUT2D eigenvalue weighted by atomic mass is 32.2. The van der Waals surface area contributed by atoms with Gasteiger partial charge in [-0.25, -0.2) is 18.1 Å². The molecule has 224 valence electrons. The molecule has 9 heteroatoms. The molecule has 3 aromatic rings. The van der Waals surface area contributed by atoms with E-state index in [1.165, 1.54) is 29.8 Å². The van der Waals surface area contributed by atoms with Gasteiger partial charge in [-0.15, -0.1) is 0 Å². The minimum Gasteiger partial charge on any atom is -0.337 e. The Morgan fingerprint density at radius 2 is 1.76 bits per heavy atom. The van der Waals surface area contributed by atoms with Crippen LogP contribution < -0.4 is 4.72 Å². The molecule has 0 radical (unpaired) electrons. The van der Waals surface area contributed by atoms with E-state index in [0.717, 1.165) is 51.1 Å². The number of fused-ring (bicyclic) bond motifs is 2. The van der Waals surface area contributed by atoms with Crippen LogP contribution in [0.3, 0.4) is 0 Å². The summed E-state index contributed by atoms with van der Waals surface area (Å²) in [5, 5.41) is 0. The van der Waals surface area contributed by atoms with Gasteiger partial charge in [0.15, 0.2) is 0 Å². The number of nitrogens with one attached hydrogen (secondary N) is 1. The number of aryl methyl sites for hydroxylation is 1. The number of hydrogen-bond donors (Lipinski definition) is 1. The van der Waals surface area contributed by atoms with Crippen LogP contribution in [0.15, 0.2) is 65.6 Å². The molecule has 1 saturated heterocycles. The van der Waals surface area contributed by atoms with E-state index in [9.17, 15) is 13.2 Å². The summed E-state index contributed by atoms with van der Waals surface area (Å²) in [6.07, 6.45) is 6.43. The molecule has 4 atom stereocenters. The van der Waals surface area contributed by atoms with Crippen molar-refractivity contribution < 1.29 is 13.2 Å². The average molecular weight is 590 g/mol. The Balaban J connectivity index is 1.15. The van der Waals surface area contributed by atoms with Gasteiger partial charge in [0.05, 0.1) is 22.8 Å². The predicted octanol–water partition coefficient (Wildman–Crippen LogP) is 4.66. The molecule has 1 saturated carbocycles. The molecule has 1 aliphatic carbocycles. The molecule has 3 aliphatic rings. The van der Waals surface area contributed by atoms with Gasteiger partial charge in [-0.2, -0.15) is 0 Å². The van der Waals surface area contributed by atoms with Crippen molar-refractivity contribution in [1.82, 2.24) is 24.1 Å². The van der Waals surface area contributed by atoms with Gasteiger partial charge in [-0.3, -0.25) is 4.79 Å². The number of imidazole rings is 1. The fourth-order valence-electron chi connectivity index (χ4n) is 7.36. The Kier molecular flexibility index (Phi) is 8.52. The van der Waals surface area contributed by atoms with Crippen LogP contribution >= 0.6 is 0 Å². The number of likely N-dealkylation sites (tertiary alicyclic amines) is 1. The summed E-state index contributed by atoms with van der Waals surface area (Å²) in [4.78, 5) is 22.0. The highest BCUT2D eigenvalue weighted by molar-refractivity contribution is 7.89. The van der Waals surface area contributed by atoms with E-state index < -0.39 is 10.0 Å². The molecule has 1 aromatic heterocycles. The first-order valence-corrected chi connectivity index (χ1v) is 16.9. The van der Waals surface area contributed by atoms with E-state index in [4.69, 9.17) is 4.98 Å². The van der Waals surface area contributed by atoms with Gasteiger partial charge in [0.25, 0.3) is 0 Å². The van der Waals surface area contributed by atoms with Gasteiger partial charge in [0.1, 0.15) is 5.82 Å². The molecular weight excluding hydrogens is 546 g/mol. The second kappa shape index (κ2) is 12.3. The zero-order valence-corrected chi connectivity index (χ0v) is 25.6. The fraction of sp³-hybridized carbons (Fsp3) is 0.515. The first-order chi connectivity index (χ1) is 20.3. The van der Waals surface area contributed by atoms with Crippen LogP contribution in [0.4, 0.5) is 0 Å². The smallest absolute Gasteiger partial charge is 0.240 e. The van der Waals surface area contributed by atoms with Crippen LogP contribution in [0.5, 0.6) is 0 Å². The van der Waals surface area contributed by atoms with Crippen LogP contribution in [0, 0.1) is 12.8 Å². The Labute approximate surface area is 250 Å². The lowest BCUT2D eigenvalue weighted by molar-refractivity contribution is -0.129. The molecule has 0 spiro atoms. The summed E-state index contributed by atoms with van der Waals surface area (Å²) < 4.78 is 31.4. The molecule has 42 heavy (non-hydrogen) atoms. The second-order valence-corrected chi connectivity index (χ2v) is 14.1. The maximum absolute atomic E-state index is 13.0. The lowest BCUT2D eigenvalue weighted by Gasteiger charge is -2.43. The molecule has 2 unspecified atom stereocenters. The molecule has 6 rings (SSSR count). The van der Waals surface area contributed by atoms with Gasteiger partial charge in [0, 0.05) is 45.1 Å². The molecular formula is C33H43N5O3S. The Morgan fingerprint density at radius 3 is 2.45 bits per heavy atom. The van der Waals surface area contributed by atoms with Gasteiger partial charge in [0.2, 0.25) is 15.9 Å². The third-order valence-electron chi connectivity index (χ3n) is 9.82. The van der Waals surface area contributed by atoms with E-state index in [2.05, 4.69) is 33.2 Å². The van der Waals surface area contributed by atoms with Crippen molar-refractivity contribution in [3.05, 3.63) is 83.4 Å². The molecule has 1 amide bonds. The quantitative estimate of drug-likeness (QED) is 0.392. The monoisotopic (exact) mass is 589 g/mol. The van der Waals surface area contributed by atoms with E-state index in [1.807, 2.05) is 29.2 Å². The van der Waals surface area contributed by atoms with Crippen molar-refractivity contribution in [3.8, 4) is 0 Å². The van der Waals surface area contributed by atoms with Gasteiger partial charge >= 0.3 is 0 Å². The van der Waals surface area contributed by atoms with Crippen molar-refractivity contribution in [2.45, 2.75) is 81.8 Å². The lowest BCUT2D eigenvalue weighted by atomic mass is 9.75. The first kappa shape index (κ1) is 29.1. The molecule has 3 heterocycles. The van der Waals surface area contributed by atoms with E-state index in [-0.39, 0.29) is 11.8 Å². The zero-order chi connectivity index (χ0) is 29.3. The number of carbonyl (C=O) groups is 1. The summed E-state index contributed by atoms with van der Waals surface area (Å²) in [7, 11) is -3.57. The van der Waals surface area contributed by atoms with Gasteiger partial charge < -0.3 is 14.4 Å². The summed E-state index contributed by atoms with van der Waals surface area (Å²) in [6.45, 7) is 7.54. The van der Waals surface area contributed by atoms with E-state index in [0.29, 0.717) is 36.0 Å². The highest BCUT2D eigenvalue weighted by Crippen LogP contribution is 2.43. The van der Waals surface area contributed by atoms with Crippen molar-refractivity contribution in [3.63, 3.8) is 0 Å². The van der Waals surface area contributed by atoms with E-state index in [1.54, 1.807) is 31.2 Å². The van der Waals surface area contributed by atoms with Crippen LogP contribution in [0.25, 0.3) is 0 Å². The lowest BCUT2D eigenvalue weighted by Crippen LogP contribution is -2.46. The average Bonchev–Trinajstić information content (AvgIpc) is 3.25. The molecule has 0 bridgehead atoms. The maximum atomic E-state index is 13.0. The van der Waals surface area contributed by atoms with Crippen molar-refractivity contribution in [2.75, 3.05) is 26.2 Å². The molecule has 8 nitrogen and oxygen atoms in total. The fourth-order valence-corrected chi connectivity index (χ4v) is 8.47. The minimum atomic E-state index is -3.57. The number of aromatic nitrogens is 2. The normalized spacial score (nSPS) is 23.4. The Hall–Kier alpha value is -3.01. The number of carbonyl (C=O) groups excluding carboxylic acids is 1. The van der Waals surface area contributed by atoms with Crippen molar-refractivity contribution >= 4 is 15.9 Å². The van der Waals surface area contributed by atoms with Crippen LogP contribution in [-0.2, 0) is 27.8 Å². The SMILES string of the molecule is CC(=O)N1CCc2nc(C)n([C@H]3CCN(CCC(CNS(=O)(=O)c4ccccc4)c4ccccc4)C4CC[C@H]4C3)c2C1. The summed E-state index contributed by atoms with van der Waals surface area (Å²) in [6, 6.07) is 19.9. The number of benzene rings is 2. The zero-order valence-electron chi connectivity index (χ0n) is 24.8. The first-order valence-electron chi connectivity index (χ1n) is 15.5. The predicted molar refractivity (Wildman–Crippen MR) is 164 cm³/mol. The van der Waals surface area contributed by atoms with Crippen LogP contribution in [-0.4, -0.2) is 65.9 Å². The number of nitrogens with zero attached hydrogens (tertiary/aromatic N) is 4. The third kappa shape index (κ3) is 6.05. The number of amides is 1. The molecule has 2 aliphatic heterocycles. The van der Waals surface area contributed by atoms with Crippen LogP contribution in [0.2, 0.25) is 0 Å². The number of sulfonamides is 1. The Morgan fingerprint density at radius 1 is 1.02 bits per heavy atom. The van der Waals surface area contributed by atoms with Gasteiger partial charge in [-0.05, 0) is 75.1 Å². The standard InChI is InChI=1S/C33H43N5O3S/c1-24-35-31-17-20-37(25(2)39)23-33(31)38(24)29-16-19-36(32-14-13-27(32)21-29)18-15-28(26-9-5-3-6-10-26)22-34-42(40,41)30-11-7-4-8-12-30/h3-12,27-29,32,34H,13-23H2,1-2H3/t27-,28?,29-,32?/m0/s1. The number of rotatable bonds is 9. The van der Waals surface area contributed by atoms with E-state index >= 15 is 0 Å².